The summed E-state index contributed by atoms with van der Waals surface area (Å²) >= 11 is 0. The number of ether oxygens (including phenoxy) is 5. The Hall–Kier alpha value is -8.50. The zero-order valence-electron chi connectivity index (χ0n) is 46.7. The Bertz CT molecular complexity index is 3480. The van der Waals surface area contributed by atoms with Gasteiger partial charge < -0.3 is 58.4 Å². The highest BCUT2D eigenvalue weighted by molar-refractivity contribution is 6.04. The van der Waals surface area contributed by atoms with Crippen molar-refractivity contribution in [3.63, 3.8) is 0 Å². The molecule has 426 valence electrons. The lowest BCUT2D eigenvalue weighted by Gasteiger charge is -2.36. The molecule has 22 heteroatoms. The third-order valence-electron chi connectivity index (χ3n) is 16.1. The number of hydrogen-bond acceptors (Lipinski definition) is 20. The van der Waals surface area contributed by atoms with Crippen molar-refractivity contribution in [3.8, 4) is 45.6 Å². The van der Waals surface area contributed by atoms with Crippen LogP contribution in [-0.2, 0) is 0 Å². The molecular weight excluding hydrogens is 1050 g/mol. The summed E-state index contributed by atoms with van der Waals surface area (Å²) < 4.78 is 61.0. The van der Waals surface area contributed by atoms with E-state index in [9.17, 15) is 4.39 Å². The minimum Gasteiger partial charge on any atom is -0.493 e. The summed E-state index contributed by atoms with van der Waals surface area (Å²) in [5.74, 6) is 5.91. The molecular formula is C60H67F2N15O5. The van der Waals surface area contributed by atoms with Crippen LogP contribution in [0.5, 0.6) is 34.5 Å². The maximum Gasteiger partial charge on any atom is 0.225 e. The van der Waals surface area contributed by atoms with Crippen LogP contribution in [0.15, 0.2) is 98.1 Å². The van der Waals surface area contributed by atoms with Gasteiger partial charge in [-0.3, -0.25) is 0 Å². The Balaban J connectivity index is 0.753. The average molecular weight is 1120 g/mol. The smallest absolute Gasteiger partial charge is 0.225 e. The number of nitrogens with one attached hydrogen (secondary N) is 1. The van der Waals surface area contributed by atoms with E-state index in [2.05, 4.69) is 63.8 Å². The number of methoxy groups -OCH3 is 2. The summed E-state index contributed by atoms with van der Waals surface area (Å²) in [6, 6.07) is 16.6. The largest absolute Gasteiger partial charge is 0.493 e. The molecule has 0 bridgehead atoms. The molecule has 82 heavy (non-hydrogen) atoms. The highest BCUT2D eigenvalue weighted by Crippen LogP contribution is 2.47. The quantitative estimate of drug-likeness (QED) is 0.0913. The Kier molecular flexibility index (Phi) is 16.0. The molecule has 1 N–H and O–H groups in total. The van der Waals surface area contributed by atoms with Gasteiger partial charge in [-0.05, 0) is 132 Å². The average Bonchev–Trinajstić information content (AvgIpc) is 3.45. The fraction of sp³-hybridized carbons (Fsp3) is 0.400. The zero-order chi connectivity index (χ0) is 56.1. The number of fused-ring (bicyclic) bond motifs is 2. The van der Waals surface area contributed by atoms with Crippen LogP contribution in [0, 0.1) is 23.5 Å². The van der Waals surface area contributed by atoms with Gasteiger partial charge >= 0.3 is 0 Å². The van der Waals surface area contributed by atoms with Crippen LogP contribution in [0.4, 0.5) is 43.7 Å². The van der Waals surface area contributed by atoms with E-state index in [1.54, 1.807) is 69.6 Å². The van der Waals surface area contributed by atoms with E-state index in [1.807, 2.05) is 18.2 Å². The van der Waals surface area contributed by atoms with Crippen molar-refractivity contribution in [1.29, 1.82) is 0 Å². The topological polar surface area (TPSA) is 181 Å². The maximum absolute atomic E-state index is 16.6. The molecule has 4 aromatic heterocycles. The molecule has 0 radical (unpaired) electrons. The van der Waals surface area contributed by atoms with Crippen LogP contribution in [-0.4, -0.2) is 170 Å². The number of hydrogen-bond donors (Lipinski definition) is 1. The third-order valence-corrected chi connectivity index (χ3v) is 16.1. The van der Waals surface area contributed by atoms with E-state index in [1.165, 1.54) is 24.5 Å². The van der Waals surface area contributed by atoms with Gasteiger partial charge in [0.2, 0.25) is 11.9 Å². The number of likely N-dealkylation sites (tertiary alicyclic amines) is 2. The second-order valence-electron chi connectivity index (χ2n) is 21.5. The molecule has 20 nitrogen and oxygen atoms in total. The van der Waals surface area contributed by atoms with Gasteiger partial charge in [-0.15, -0.1) is 0 Å². The third kappa shape index (κ3) is 11.9. The molecule has 0 atom stereocenters. The summed E-state index contributed by atoms with van der Waals surface area (Å²) in [7, 11) is 7.55. The van der Waals surface area contributed by atoms with Crippen molar-refractivity contribution < 1.29 is 32.5 Å². The normalized spacial score (nSPS) is 16.9. The van der Waals surface area contributed by atoms with Crippen molar-refractivity contribution in [2.75, 3.05) is 145 Å². The van der Waals surface area contributed by atoms with Gasteiger partial charge in [-0.2, -0.15) is 0 Å². The highest BCUT2D eigenvalue weighted by atomic mass is 19.1. The van der Waals surface area contributed by atoms with Gasteiger partial charge in [0, 0.05) is 80.4 Å². The lowest BCUT2D eigenvalue weighted by molar-refractivity contribution is 0.157. The number of aromatic nitrogens is 8. The van der Waals surface area contributed by atoms with Gasteiger partial charge in [-0.25, -0.2) is 48.7 Å². The summed E-state index contributed by atoms with van der Waals surface area (Å²) in [4.78, 5) is 51.2. The van der Waals surface area contributed by atoms with Crippen LogP contribution in [0.3, 0.4) is 0 Å². The first-order chi connectivity index (χ1) is 40.1. The number of nitrogens with zero attached hydrogens (tertiary/aromatic N) is 14. The first-order valence-corrected chi connectivity index (χ1v) is 28.1. The van der Waals surface area contributed by atoms with Gasteiger partial charge in [0.15, 0.2) is 28.7 Å². The second kappa shape index (κ2) is 24.3. The molecule has 8 heterocycles. The minimum absolute atomic E-state index is 0.275. The Morgan fingerprint density at radius 2 is 1.06 bits per heavy atom. The summed E-state index contributed by atoms with van der Waals surface area (Å²) in [6.07, 6.45) is 14.1. The first kappa shape index (κ1) is 54.1. The van der Waals surface area contributed by atoms with Gasteiger partial charge in [-0.1, -0.05) is 0 Å². The molecule has 4 aliphatic heterocycles. The number of anilines is 6. The Morgan fingerprint density at radius 1 is 0.512 bits per heavy atom. The highest BCUT2D eigenvalue weighted by Gasteiger charge is 2.29. The predicted molar refractivity (Wildman–Crippen MR) is 312 cm³/mol. The number of rotatable bonds is 17. The Labute approximate surface area is 475 Å². The van der Waals surface area contributed by atoms with Gasteiger partial charge in [0.25, 0.3) is 0 Å². The summed E-state index contributed by atoms with van der Waals surface area (Å²) in [5, 5.41) is 5.04. The van der Waals surface area contributed by atoms with Crippen LogP contribution in [0.2, 0.25) is 0 Å². The molecule has 0 saturated carbocycles. The van der Waals surface area contributed by atoms with E-state index in [-0.39, 0.29) is 11.4 Å². The van der Waals surface area contributed by atoms with E-state index in [0.29, 0.717) is 157 Å². The molecule has 8 aromatic rings. The van der Waals surface area contributed by atoms with Crippen LogP contribution in [0.25, 0.3) is 32.9 Å². The van der Waals surface area contributed by atoms with Crippen molar-refractivity contribution in [2.24, 2.45) is 11.8 Å². The Morgan fingerprint density at radius 3 is 1.66 bits per heavy atom. The van der Waals surface area contributed by atoms with Gasteiger partial charge in [0.1, 0.15) is 41.7 Å². The summed E-state index contributed by atoms with van der Waals surface area (Å²) in [6.45, 7) is 10.4. The molecule has 4 saturated heterocycles. The fourth-order valence-corrected chi connectivity index (χ4v) is 11.3. The van der Waals surface area contributed by atoms with Crippen molar-refractivity contribution in [3.05, 3.63) is 110 Å². The fourth-order valence-electron chi connectivity index (χ4n) is 11.3. The molecule has 0 unspecified atom stereocenters. The molecule has 4 fully saturated rings. The number of benzene rings is 4. The number of halogens is 2. The molecule has 0 amide bonds. The zero-order valence-corrected chi connectivity index (χ0v) is 46.7. The monoisotopic (exact) mass is 1120 g/mol. The minimum atomic E-state index is -0.460. The van der Waals surface area contributed by atoms with Crippen molar-refractivity contribution in [1.82, 2.24) is 49.7 Å². The molecule has 4 aliphatic rings. The van der Waals surface area contributed by atoms with E-state index in [4.69, 9.17) is 48.6 Å². The van der Waals surface area contributed by atoms with Crippen molar-refractivity contribution in [2.45, 2.75) is 25.7 Å². The number of piperazine rings is 2. The lowest BCUT2D eigenvalue weighted by atomic mass is 9.97. The summed E-state index contributed by atoms with van der Waals surface area (Å²) in [5.41, 5.74) is 3.29. The van der Waals surface area contributed by atoms with E-state index in [0.717, 1.165) is 68.6 Å². The molecule has 12 rings (SSSR count). The second-order valence-corrected chi connectivity index (χ2v) is 21.5. The van der Waals surface area contributed by atoms with Gasteiger partial charge in [0.05, 0.1) is 74.5 Å². The van der Waals surface area contributed by atoms with Crippen LogP contribution < -0.4 is 48.6 Å². The van der Waals surface area contributed by atoms with E-state index >= 15 is 4.39 Å². The van der Waals surface area contributed by atoms with E-state index < -0.39 is 5.82 Å². The SMILES string of the molecule is COc1cc2ncnc(N3CCN(c4ncc(Nc5ccc(F)c(-c6c(OC)c(OCC7CCN(C)CC7)cc7c(N8CCN(c9ncc(Oc%10ccc(F)cc%10)cn9)CC8)ncnc67)c5)cn4)CC3)c2cc1OCC1CCN(C)CC1. The van der Waals surface area contributed by atoms with Crippen molar-refractivity contribution >= 4 is 56.7 Å². The molecule has 0 aliphatic carbocycles. The van der Waals surface area contributed by atoms with Crippen LogP contribution in [0.1, 0.15) is 25.7 Å². The molecule has 4 aromatic carbocycles. The first-order valence-electron chi connectivity index (χ1n) is 28.1. The van der Waals surface area contributed by atoms with Crippen LogP contribution >= 0.6 is 0 Å². The lowest BCUT2D eigenvalue weighted by Crippen LogP contribution is -2.47. The molecule has 0 spiro atoms. The predicted octanol–water partition coefficient (Wildman–Crippen LogP) is 8.75. The standard InChI is InChI=1S/C60H67F2N15O5/c1-72-15-11-39(12-16-72)35-80-52-28-47-50(30-51(52)78-3)67-37-69-57(47)74-19-23-76(24-20-74)59-63-31-43(32-64-59)71-42-7-10-49(62)46(27-42)54-55-48(29-53(56(54)79-4)81-36-40-13-17-73(2)18-14-40)58(70-38-68-55)75-21-25-77(26-22-75)60-65-33-45(34-66-60)82-44-8-5-41(61)6-9-44/h5-10,27-34,37-40,71H,11-26,35-36H2,1-4H3. The maximum atomic E-state index is 16.6. The number of piperidine rings is 2.